The van der Waals surface area contributed by atoms with Crippen LogP contribution < -0.4 is 16.8 Å². The Labute approximate surface area is 203 Å². The number of benzene rings is 2. The Kier molecular flexibility index (Phi) is 10.6. The standard InChI is InChI=1S/C30H49N3/c1-19(2)23-11-9-12-24(20(3)4)29(23)27(31)15-17-33-18-16-28(32)30-25(21(5)6)13-10-14-26(30)22(7)8/h9-14,19-22,27-28,33H,15-18,31-32H2,1-8H3. The summed E-state index contributed by atoms with van der Waals surface area (Å²) in [4.78, 5) is 0. The molecule has 2 rings (SSSR count). The highest BCUT2D eigenvalue weighted by Gasteiger charge is 2.20. The fourth-order valence-corrected chi connectivity index (χ4v) is 5.00. The SMILES string of the molecule is CC(C)c1cccc(C(C)C)c1C(N)CCNCCC(N)c1c(C(C)C)cccc1C(C)C. The molecule has 5 N–H and O–H groups in total. The Morgan fingerprint density at radius 3 is 1.06 bits per heavy atom. The van der Waals surface area contributed by atoms with Crippen molar-refractivity contribution >= 4 is 0 Å². The number of nitrogens with one attached hydrogen (secondary N) is 1. The highest BCUT2D eigenvalue weighted by molar-refractivity contribution is 5.42. The molecule has 3 nitrogen and oxygen atoms in total. The molecule has 2 unspecified atom stereocenters. The zero-order valence-corrected chi connectivity index (χ0v) is 22.4. The zero-order valence-electron chi connectivity index (χ0n) is 22.4. The van der Waals surface area contributed by atoms with E-state index in [0.29, 0.717) is 23.7 Å². The van der Waals surface area contributed by atoms with E-state index in [1.54, 1.807) is 0 Å². The first-order valence-electron chi connectivity index (χ1n) is 13.0. The van der Waals surface area contributed by atoms with E-state index in [1.165, 1.54) is 33.4 Å². The van der Waals surface area contributed by atoms with Crippen LogP contribution in [0.25, 0.3) is 0 Å². The van der Waals surface area contributed by atoms with Crippen LogP contribution in [0.3, 0.4) is 0 Å². The van der Waals surface area contributed by atoms with Crippen LogP contribution in [0.15, 0.2) is 36.4 Å². The minimum absolute atomic E-state index is 0.0522. The van der Waals surface area contributed by atoms with Gasteiger partial charge in [-0.25, -0.2) is 0 Å². The normalized spacial score (nSPS) is 14.0. The second-order valence-corrected chi connectivity index (χ2v) is 10.9. The maximum Gasteiger partial charge on any atom is 0.0312 e. The third-order valence-electron chi connectivity index (χ3n) is 6.84. The van der Waals surface area contributed by atoms with Crippen molar-refractivity contribution in [2.75, 3.05) is 13.1 Å². The summed E-state index contributed by atoms with van der Waals surface area (Å²) in [5.41, 5.74) is 21.8. The van der Waals surface area contributed by atoms with Crippen LogP contribution >= 0.6 is 0 Å². The topological polar surface area (TPSA) is 64.1 Å². The van der Waals surface area contributed by atoms with E-state index in [-0.39, 0.29) is 12.1 Å². The minimum Gasteiger partial charge on any atom is -0.324 e. The molecule has 33 heavy (non-hydrogen) atoms. The van der Waals surface area contributed by atoms with Gasteiger partial charge in [-0.1, -0.05) is 91.8 Å². The second kappa shape index (κ2) is 12.7. The summed E-state index contributed by atoms with van der Waals surface area (Å²) < 4.78 is 0. The van der Waals surface area contributed by atoms with E-state index in [1.807, 2.05) is 0 Å². The molecule has 0 fully saturated rings. The van der Waals surface area contributed by atoms with Crippen LogP contribution in [0.5, 0.6) is 0 Å². The van der Waals surface area contributed by atoms with Crippen molar-refractivity contribution < 1.29 is 0 Å². The Bertz CT molecular complexity index is 743. The summed E-state index contributed by atoms with van der Waals surface area (Å²) in [6, 6.07) is 13.5. The van der Waals surface area contributed by atoms with E-state index in [9.17, 15) is 0 Å². The van der Waals surface area contributed by atoms with Crippen molar-refractivity contribution in [3.8, 4) is 0 Å². The molecular formula is C30H49N3. The summed E-state index contributed by atoms with van der Waals surface area (Å²) in [7, 11) is 0. The lowest BCUT2D eigenvalue weighted by Gasteiger charge is -2.25. The van der Waals surface area contributed by atoms with Gasteiger partial charge >= 0.3 is 0 Å². The van der Waals surface area contributed by atoms with Gasteiger partial charge in [-0.2, -0.15) is 0 Å². The van der Waals surface area contributed by atoms with E-state index >= 15 is 0 Å². The molecular weight excluding hydrogens is 402 g/mol. The number of rotatable bonds is 12. The fraction of sp³-hybridized carbons (Fsp3) is 0.600. The van der Waals surface area contributed by atoms with Crippen LogP contribution in [-0.4, -0.2) is 13.1 Å². The molecule has 0 aliphatic heterocycles. The average Bonchev–Trinajstić information content (AvgIpc) is 2.77. The summed E-state index contributed by atoms with van der Waals surface area (Å²) in [6.45, 7) is 19.9. The van der Waals surface area contributed by atoms with Gasteiger partial charge in [-0.05, 0) is 83.0 Å². The van der Waals surface area contributed by atoms with Crippen molar-refractivity contribution in [1.82, 2.24) is 5.32 Å². The number of hydrogen-bond donors (Lipinski definition) is 3. The van der Waals surface area contributed by atoms with Gasteiger partial charge in [0.25, 0.3) is 0 Å². The molecule has 0 aliphatic carbocycles. The second-order valence-electron chi connectivity index (χ2n) is 10.9. The predicted molar refractivity (Wildman–Crippen MR) is 145 cm³/mol. The highest BCUT2D eigenvalue weighted by atomic mass is 14.9. The van der Waals surface area contributed by atoms with Gasteiger partial charge in [0, 0.05) is 12.1 Å². The summed E-state index contributed by atoms with van der Waals surface area (Å²) in [5.74, 6) is 1.91. The van der Waals surface area contributed by atoms with Crippen LogP contribution in [0, 0.1) is 0 Å². The monoisotopic (exact) mass is 451 g/mol. The van der Waals surface area contributed by atoms with Crippen LogP contribution in [0.2, 0.25) is 0 Å². The quantitative estimate of drug-likeness (QED) is 0.298. The lowest BCUT2D eigenvalue weighted by atomic mass is 9.84. The van der Waals surface area contributed by atoms with Gasteiger partial charge in [0.2, 0.25) is 0 Å². The van der Waals surface area contributed by atoms with Gasteiger partial charge in [0.05, 0.1) is 0 Å². The van der Waals surface area contributed by atoms with Crippen molar-refractivity contribution in [2.45, 2.75) is 104 Å². The van der Waals surface area contributed by atoms with Gasteiger partial charge in [-0.15, -0.1) is 0 Å². The van der Waals surface area contributed by atoms with Crippen LogP contribution in [0.1, 0.15) is 137 Å². The van der Waals surface area contributed by atoms with Gasteiger partial charge in [0.15, 0.2) is 0 Å². The molecule has 3 heteroatoms. The first-order valence-corrected chi connectivity index (χ1v) is 13.0. The largest absolute Gasteiger partial charge is 0.324 e. The zero-order chi connectivity index (χ0) is 24.7. The van der Waals surface area contributed by atoms with Gasteiger partial charge in [-0.3, -0.25) is 0 Å². The molecule has 0 spiro atoms. The van der Waals surface area contributed by atoms with E-state index in [0.717, 1.165) is 25.9 Å². The van der Waals surface area contributed by atoms with Gasteiger partial charge in [0.1, 0.15) is 0 Å². The van der Waals surface area contributed by atoms with Crippen molar-refractivity contribution in [1.29, 1.82) is 0 Å². The van der Waals surface area contributed by atoms with Crippen molar-refractivity contribution in [3.63, 3.8) is 0 Å². The maximum atomic E-state index is 6.75. The van der Waals surface area contributed by atoms with Crippen LogP contribution in [-0.2, 0) is 0 Å². The molecule has 0 saturated carbocycles. The summed E-state index contributed by atoms with van der Waals surface area (Å²) in [5, 5.41) is 3.62. The van der Waals surface area contributed by atoms with E-state index in [2.05, 4.69) is 97.1 Å². The lowest BCUT2D eigenvalue weighted by Crippen LogP contribution is -2.26. The number of nitrogens with two attached hydrogens (primary N) is 2. The molecule has 0 amide bonds. The minimum atomic E-state index is 0.0522. The Morgan fingerprint density at radius 2 is 0.818 bits per heavy atom. The van der Waals surface area contributed by atoms with E-state index < -0.39 is 0 Å². The molecule has 0 saturated heterocycles. The van der Waals surface area contributed by atoms with Crippen LogP contribution in [0.4, 0.5) is 0 Å². The molecule has 0 bridgehead atoms. The maximum absolute atomic E-state index is 6.75. The smallest absolute Gasteiger partial charge is 0.0312 e. The Hall–Kier alpha value is -1.68. The molecule has 0 aliphatic rings. The first kappa shape index (κ1) is 27.6. The number of hydrogen-bond acceptors (Lipinski definition) is 3. The molecule has 184 valence electrons. The molecule has 0 aromatic heterocycles. The lowest BCUT2D eigenvalue weighted by molar-refractivity contribution is 0.531. The summed E-state index contributed by atoms with van der Waals surface area (Å²) in [6.07, 6.45) is 1.86. The molecule has 2 atom stereocenters. The van der Waals surface area contributed by atoms with E-state index in [4.69, 9.17) is 11.5 Å². The summed E-state index contributed by atoms with van der Waals surface area (Å²) >= 11 is 0. The highest BCUT2D eigenvalue weighted by Crippen LogP contribution is 2.34. The third kappa shape index (κ3) is 7.15. The van der Waals surface area contributed by atoms with Gasteiger partial charge < -0.3 is 16.8 Å². The molecule has 2 aromatic carbocycles. The average molecular weight is 452 g/mol. The molecule has 0 radical (unpaired) electrons. The molecule has 2 aromatic rings. The Morgan fingerprint density at radius 1 is 0.545 bits per heavy atom. The van der Waals surface area contributed by atoms with Crippen molar-refractivity contribution in [2.24, 2.45) is 11.5 Å². The third-order valence-corrected chi connectivity index (χ3v) is 6.84. The Balaban J connectivity index is 2.00. The predicted octanol–water partition coefficient (Wildman–Crippen LogP) is 7.25. The fourth-order valence-electron chi connectivity index (χ4n) is 5.00. The van der Waals surface area contributed by atoms with Crippen molar-refractivity contribution in [3.05, 3.63) is 69.8 Å². The first-order chi connectivity index (χ1) is 15.6. The molecule has 0 heterocycles.